The lowest BCUT2D eigenvalue weighted by atomic mass is 9.91. The normalized spacial score (nSPS) is 13.7. The first-order valence-corrected chi connectivity index (χ1v) is 6.31. The van der Waals surface area contributed by atoms with Crippen LogP contribution >= 0.6 is 0 Å². The Morgan fingerprint density at radius 2 is 2.05 bits per heavy atom. The van der Waals surface area contributed by atoms with Crippen LogP contribution in [0.4, 0.5) is 4.39 Å². The summed E-state index contributed by atoms with van der Waals surface area (Å²) in [5, 5.41) is 12.1. The third kappa shape index (κ3) is 2.11. The summed E-state index contributed by atoms with van der Waals surface area (Å²) in [5.41, 5.74) is 4.28. The fourth-order valence-corrected chi connectivity index (χ4v) is 2.57. The van der Waals surface area contributed by atoms with Crippen molar-refractivity contribution in [2.24, 2.45) is 0 Å². The Hall–Kier alpha value is -2.18. The number of nitriles is 1. The van der Waals surface area contributed by atoms with Gasteiger partial charge in [0.2, 0.25) is 0 Å². The molecule has 19 heavy (non-hydrogen) atoms. The molecule has 3 heteroatoms. The predicted octanol–water partition coefficient (Wildman–Crippen LogP) is 3.01. The van der Waals surface area contributed by atoms with E-state index in [2.05, 4.69) is 11.4 Å². The summed E-state index contributed by atoms with van der Waals surface area (Å²) in [4.78, 5) is 0. The van der Waals surface area contributed by atoms with Gasteiger partial charge in [-0.3, -0.25) is 0 Å². The van der Waals surface area contributed by atoms with Crippen molar-refractivity contribution in [3.63, 3.8) is 0 Å². The van der Waals surface area contributed by atoms with Crippen molar-refractivity contribution in [3.05, 3.63) is 58.9 Å². The highest BCUT2D eigenvalue weighted by Gasteiger charge is 2.15. The van der Waals surface area contributed by atoms with E-state index in [0.29, 0.717) is 11.1 Å². The molecule has 0 saturated carbocycles. The molecule has 2 aromatic rings. The van der Waals surface area contributed by atoms with E-state index in [4.69, 9.17) is 5.26 Å². The Bertz CT molecular complexity index is 671. The van der Waals surface area contributed by atoms with Gasteiger partial charge in [-0.1, -0.05) is 24.3 Å². The molecule has 0 unspecified atom stereocenters. The van der Waals surface area contributed by atoms with Crippen LogP contribution in [0.3, 0.4) is 0 Å². The molecule has 1 N–H and O–H groups in total. The number of hydrogen-bond donors (Lipinski definition) is 1. The zero-order chi connectivity index (χ0) is 13.2. The van der Waals surface area contributed by atoms with Crippen LogP contribution in [0.2, 0.25) is 0 Å². The number of nitrogens with one attached hydrogen (secondary N) is 1. The summed E-state index contributed by atoms with van der Waals surface area (Å²) in [5.74, 6) is -0.335. The lowest BCUT2D eigenvalue weighted by Gasteiger charge is -2.20. The molecular weight excluding hydrogens is 239 g/mol. The van der Waals surface area contributed by atoms with Crippen molar-refractivity contribution in [2.75, 3.05) is 6.54 Å². The molecule has 1 aliphatic heterocycles. The van der Waals surface area contributed by atoms with Crippen molar-refractivity contribution < 1.29 is 4.39 Å². The first-order valence-electron chi connectivity index (χ1n) is 6.31. The maximum absolute atomic E-state index is 14.1. The Morgan fingerprint density at radius 3 is 2.84 bits per heavy atom. The summed E-state index contributed by atoms with van der Waals surface area (Å²) in [6.45, 7) is 1.73. The fraction of sp³-hybridized carbons (Fsp3) is 0.188. The van der Waals surface area contributed by atoms with Crippen LogP contribution in [0, 0.1) is 17.1 Å². The number of benzene rings is 2. The fourth-order valence-electron chi connectivity index (χ4n) is 2.57. The zero-order valence-corrected chi connectivity index (χ0v) is 10.4. The van der Waals surface area contributed by atoms with E-state index in [1.807, 2.05) is 18.2 Å². The average Bonchev–Trinajstić information content (AvgIpc) is 2.46. The van der Waals surface area contributed by atoms with Gasteiger partial charge in [0.05, 0.1) is 11.6 Å². The minimum absolute atomic E-state index is 0.335. The molecule has 0 radical (unpaired) electrons. The van der Waals surface area contributed by atoms with Gasteiger partial charge >= 0.3 is 0 Å². The van der Waals surface area contributed by atoms with E-state index in [1.54, 1.807) is 12.1 Å². The highest BCUT2D eigenvalue weighted by Crippen LogP contribution is 2.30. The van der Waals surface area contributed by atoms with Crippen molar-refractivity contribution in [1.29, 1.82) is 5.26 Å². The predicted molar refractivity (Wildman–Crippen MR) is 72.0 cm³/mol. The summed E-state index contributed by atoms with van der Waals surface area (Å²) in [7, 11) is 0. The number of hydrogen-bond acceptors (Lipinski definition) is 2. The van der Waals surface area contributed by atoms with Gasteiger partial charge < -0.3 is 5.32 Å². The van der Waals surface area contributed by atoms with Gasteiger partial charge in [0.25, 0.3) is 0 Å². The summed E-state index contributed by atoms with van der Waals surface area (Å²) in [6, 6.07) is 12.6. The van der Waals surface area contributed by atoms with E-state index >= 15 is 0 Å². The molecule has 0 amide bonds. The molecule has 0 aromatic heterocycles. The lowest BCUT2D eigenvalue weighted by molar-refractivity contribution is 0.627. The minimum Gasteiger partial charge on any atom is -0.312 e. The highest BCUT2D eigenvalue weighted by molar-refractivity contribution is 5.70. The van der Waals surface area contributed by atoms with Crippen LogP contribution in [-0.4, -0.2) is 6.54 Å². The molecule has 2 nitrogen and oxygen atoms in total. The van der Waals surface area contributed by atoms with Crippen molar-refractivity contribution in [2.45, 2.75) is 13.0 Å². The van der Waals surface area contributed by atoms with E-state index in [0.717, 1.165) is 30.6 Å². The van der Waals surface area contributed by atoms with E-state index < -0.39 is 0 Å². The van der Waals surface area contributed by atoms with E-state index in [1.165, 1.54) is 11.6 Å². The monoisotopic (exact) mass is 252 g/mol. The molecule has 3 rings (SSSR count). The van der Waals surface area contributed by atoms with Crippen molar-refractivity contribution in [3.8, 4) is 17.2 Å². The zero-order valence-electron chi connectivity index (χ0n) is 10.4. The van der Waals surface area contributed by atoms with Crippen LogP contribution in [-0.2, 0) is 13.0 Å². The first-order chi connectivity index (χ1) is 9.29. The SMILES string of the molecule is N#Cc1ccc(-c2cccc3c2CNCC3)c(F)c1. The molecule has 1 heterocycles. The molecule has 0 bridgehead atoms. The summed E-state index contributed by atoms with van der Waals surface area (Å²) < 4.78 is 14.1. The third-order valence-corrected chi connectivity index (χ3v) is 3.53. The van der Waals surface area contributed by atoms with E-state index in [9.17, 15) is 4.39 Å². The molecular formula is C16H13FN2. The standard InChI is InChI=1S/C16H13FN2/c17-16-8-11(9-18)4-5-14(16)13-3-1-2-12-6-7-19-10-15(12)13/h1-5,8,19H,6-7,10H2. The summed E-state index contributed by atoms with van der Waals surface area (Å²) in [6.07, 6.45) is 0.973. The molecule has 0 spiro atoms. The Kier molecular flexibility index (Phi) is 3.02. The van der Waals surface area contributed by atoms with Gasteiger partial charge in [0, 0.05) is 12.1 Å². The first kappa shape index (κ1) is 11.9. The third-order valence-electron chi connectivity index (χ3n) is 3.53. The van der Waals surface area contributed by atoms with Crippen LogP contribution < -0.4 is 5.32 Å². The largest absolute Gasteiger partial charge is 0.312 e. The van der Waals surface area contributed by atoms with E-state index in [-0.39, 0.29) is 5.82 Å². The maximum Gasteiger partial charge on any atom is 0.132 e. The molecule has 0 atom stereocenters. The van der Waals surface area contributed by atoms with Crippen LogP contribution in [0.15, 0.2) is 36.4 Å². The quantitative estimate of drug-likeness (QED) is 0.846. The van der Waals surface area contributed by atoms with Gasteiger partial charge in [-0.05, 0) is 41.8 Å². The number of nitrogens with zero attached hydrogens (tertiary/aromatic N) is 1. The Morgan fingerprint density at radius 1 is 1.16 bits per heavy atom. The number of halogens is 1. The van der Waals surface area contributed by atoms with Crippen LogP contribution in [0.5, 0.6) is 0 Å². The second kappa shape index (κ2) is 4.83. The van der Waals surface area contributed by atoms with Gasteiger partial charge in [-0.2, -0.15) is 5.26 Å². The summed E-state index contributed by atoms with van der Waals surface area (Å²) >= 11 is 0. The number of rotatable bonds is 1. The molecule has 0 saturated heterocycles. The van der Waals surface area contributed by atoms with Crippen molar-refractivity contribution in [1.82, 2.24) is 5.32 Å². The topological polar surface area (TPSA) is 35.8 Å². The Balaban J connectivity index is 2.15. The molecule has 1 aliphatic rings. The molecule has 2 aromatic carbocycles. The highest BCUT2D eigenvalue weighted by atomic mass is 19.1. The average molecular weight is 252 g/mol. The van der Waals surface area contributed by atoms with Crippen molar-refractivity contribution >= 4 is 0 Å². The van der Waals surface area contributed by atoms with Crippen LogP contribution in [0.25, 0.3) is 11.1 Å². The van der Waals surface area contributed by atoms with Gasteiger partial charge in [-0.15, -0.1) is 0 Å². The minimum atomic E-state index is -0.335. The maximum atomic E-state index is 14.1. The van der Waals surface area contributed by atoms with Crippen LogP contribution in [0.1, 0.15) is 16.7 Å². The van der Waals surface area contributed by atoms with Gasteiger partial charge in [-0.25, -0.2) is 4.39 Å². The smallest absolute Gasteiger partial charge is 0.132 e. The molecule has 94 valence electrons. The Labute approximate surface area is 111 Å². The second-order valence-electron chi connectivity index (χ2n) is 4.68. The second-order valence-corrected chi connectivity index (χ2v) is 4.68. The van der Waals surface area contributed by atoms with Gasteiger partial charge in [0.15, 0.2) is 0 Å². The molecule has 0 aliphatic carbocycles. The number of fused-ring (bicyclic) bond motifs is 1. The lowest BCUT2D eigenvalue weighted by Crippen LogP contribution is -2.24. The molecule has 0 fully saturated rings. The van der Waals surface area contributed by atoms with Gasteiger partial charge in [0.1, 0.15) is 5.82 Å².